The Bertz CT molecular complexity index is 344. The SMILES string of the molecule is NNC(=O)c1ccc(C=CCCO)cc1. The summed E-state index contributed by atoms with van der Waals surface area (Å²) in [4.78, 5) is 11.1. The van der Waals surface area contributed by atoms with E-state index in [1.54, 1.807) is 12.1 Å². The second kappa shape index (κ2) is 5.95. The third-order valence-corrected chi connectivity index (χ3v) is 1.91. The predicted molar refractivity (Wildman–Crippen MR) is 58.8 cm³/mol. The van der Waals surface area contributed by atoms with Gasteiger partial charge in [-0.1, -0.05) is 24.3 Å². The lowest BCUT2D eigenvalue weighted by molar-refractivity contribution is 0.0953. The summed E-state index contributed by atoms with van der Waals surface area (Å²) in [6, 6.07) is 7.03. The molecule has 0 atom stereocenters. The molecule has 0 aromatic heterocycles. The number of nitrogen functional groups attached to an aromatic ring is 1. The minimum atomic E-state index is -0.305. The molecule has 0 spiro atoms. The van der Waals surface area contributed by atoms with Crippen LogP contribution in [0.25, 0.3) is 6.08 Å². The highest BCUT2D eigenvalue weighted by atomic mass is 16.2. The number of aliphatic hydroxyl groups is 1. The van der Waals surface area contributed by atoms with E-state index < -0.39 is 0 Å². The van der Waals surface area contributed by atoms with Crippen molar-refractivity contribution in [3.8, 4) is 0 Å². The molecule has 4 nitrogen and oxygen atoms in total. The van der Waals surface area contributed by atoms with Gasteiger partial charge in [-0.25, -0.2) is 5.84 Å². The van der Waals surface area contributed by atoms with E-state index in [4.69, 9.17) is 10.9 Å². The Morgan fingerprint density at radius 2 is 2.07 bits per heavy atom. The number of carbonyl (C=O) groups is 1. The quantitative estimate of drug-likeness (QED) is 0.385. The maximum absolute atomic E-state index is 11.1. The number of hydrogen-bond acceptors (Lipinski definition) is 3. The van der Waals surface area contributed by atoms with Crippen LogP contribution in [0.2, 0.25) is 0 Å². The summed E-state index contributed by atoms with van der Waals surface area (Å²) in [5, 5.41) is 8.58. The summed E-state index contributed by atoms with van der Waals surface area (Å²) in [5.74, 6) is 4.69. The number of amides is 1. The van der Waals surface area contributed by atoms with Gasteiger partial charge in [0.1, 0.15) is 0 Å². The zero-order valence-corrected chi connectivity index (χ0v) is 8.31. The van der Waals surface area contributed by atoms with Crippen LogP contribution in [0.5, 0.6) is 0 Å². The molecule has 1 aromatic carbocycles. The average molecular weight is 206 g/mol. The van der Waals surface area contributed by atoms with E-state index in [9.17, 15) is 4.79 Å². The summed E-state index contributed by atoms with van der Waals surface area (Å²) < 4.78 is 0. The molecule has 0 aliphatic rings. The smallest absolute Gasteiger partial charge is 0.265 e. The fourth-order valence-electron chi connectivity index (χ4n) is 1.12. The Morgan fingerprint density at radius 3 is 2.60 bits per heavy atom. The van der Waals surface area contributed by atoms with E-state index in [-0.39, 0.29) is 12.5 Å². The van der Waals surface area contributed by atoms with Crippen LogP contribution >= 0.6 is 0 Å². The van der Waals surface area contributed by atoms with Crippen LogP contribution in [-0.2, 0) is 0 Å². The summed E-state index contributed by atoms with van der Waals surface area (Å²) in [7, 11) is 0. The highest BCUT2D eigenvalue weighted by molar-refractivity contribution is 5.93. The number of carbonyl (C=O) groups excluding carboxylic acids is 1. The summed E-state index contributed by atoms with van der Waals surface area (Å²) in [6.45, 7) is 0.143. The van der Waals surface area contributed by atoms with E-state index >= 15 is 0 Å². The molecule has 4 N–H and O–H groups in total. The zero-order valence-electron chi connectivity index (χ0n) is 8.31. The highest BCUT2D eigenvalue weighted by Gasteiger charge is 2.00. The Kier molecular flexibility index (Phi) is 4.53. The van der Waals surface area contributed by atoms with E-state index in [2.05, 4.69) is 5.43 Å². The van der Waals surface area contributed by atoms with Gasteiger partial charge in [-0.15, -0.1) is 0 Å². The van der Waals surface area contributed by atoms with Crippen molar-refractivity contribution in [3.05, 3.63) is 41.5 Å². The number of aliphatic hydroxyl groups excluding tert-OH is 1. The maximum Gasteiger partial charge on any atom is 0.265 e. The van der Waals surface area contributed by atoms with E-state index in [0.29, 0.717) is 12.0 Å². The number of nitrogens with two attached hydrogens (primary N) is 1. The normalized spacial score (nSPS) is 10.5. The Hall–Kier alpha value is -1.65. The molecule has 1 rings (SSSR count). The molecule has 0 aliphatic carbocycles. The minimum Gasteiger partial charge on any atom is -0.396 e. The van der Waals surface area contributed by atoms with Crippen LogP contribution in [0.15, 0.2) is 30.3 Å². The molecule has 0 radical (unpaired) electrons. The number of rotatable bonds is 4. The standard InChI is InChI=1S/C11H14N2O2/c12-13-11(15)10-6-4-9(5-7-10)3-1-2-8-14/h1,3-7,14H,2,8,12H2,(H,13,15). The number of benzene rings is 1. The van der Waals surface area contributed by atoms with Gasteiger partial charge in [0.25, 0.3) is 5.91 Å². The lowest BCUT2D eigenvalue weighted by Crippen LogP contribution is -2.29. The van der Waals surface area contributed by atoms with E-state index in [1.165, 1.54) is 0 Å². The molecular formula is C11H14N2O2. The summed E-state index contributed by atoms with van der Waals surface area (Å²) in [5.41, 5.74) is 3.57. The van der Waals surface area contributed by atoms with Crippen molar-refractivity contribution in [2.45, 2.75) is 6.42 Å². The van der Waals surface area contributed by atoms with Crippen LogP contribution < -0.4 is 11.3 Å². The molecule has 0 fully saturated rings. The molecule has 1 amide bonds. The van der Waals surface area contributed by atoms with Gasteiger partial charge in [-0.3, -0.25) is 10.2 Å². The lowest BCUT2D eigenvalue weighted by Gasteiger charge is -1.99. The fourth-order valence-corrected chi connectivity index (χ4v) is 1.12. The molecule has 15 heavy (non-hydrogen) atoms. The first-order valence-electron chi connectivity index (χ1n) is 4.66. The topological polar surface area (TPSA) is 75.3 Å². The average Bonchev–Trinajstić information content (AvgIpc) is 2.29. The molecule has 0 saturated heterocycles. The van der Waals surface area contributed by atoms with Crippen LogP contribution in [0.4, 0.5) is 0 Å². The Labute approximate surface area is 88.4 Å². The van der Waals surface area contributed by atoms with Crippen molar-refractivity contribution in [2.24, 2.45) is 5.84 Å². The molecule has 0 saturated carbocycles. The second-order valence-corrected chi connectivity index (χ2v) is 3.01. The molecule has 4 heteroatoms. The molecule has 0 aliphatic heterocycles. The van der Waals surface area contributed by atoms with Crippen LogP contribution in [0.3, 0.4) is 0 Å². The minimum absolute atomic E-state index is 0.143. The first kappa shape index (κ1) is 11.4. The van der Waals surface area contributed by atoms with Crippen LogP contribution in [0.1, 0.15) is 22.3 Å². The first-order valence-corrected chi connectivity index (χ1v) is 4.66. The number of nitrogens with one attached hydrogen (secondary N) is 1. The van der Waals surface area contributed by atoms with Crippen molar-refractivity contribution >= 4 is 12.0 Å². The molecule has 1 aromatic rings. The third-order valence-electron chi connectivity index (χ3n) is 1.91. The van der Waals surface area contributed by atoms with Gasteiger partial charge in [0, 0.05) is 12.2 Å². The van der Waals surface area contributed by atoms with Gasteiger partial charge in [-0.05, 0) is 24.1 Å². The van der Waals surface area contributed by atoms with Gasteiger partial charge in [0.2, 0.25) is 0 Å². The van der Waals surface area contributed by atoms with Crippen molar-refractivity contribution in [1.82, 2.24) is 5.43 Å². The molecular weight excluding hydrogens is 192 g/mol. The maximum atomic E-state index is 11.1. The molecule has 0 heterocycles. The van der Waals surface area contributed by atoms with Crippen LogP contribution in [0, 0.1) is 0 Å². The number of hydrazine groups is 1. The van der Waals surface area contributed by atoms with E-state index in [1.807, 2.05) is 24.3 Å². The van der Waals surface area contributed by atoms with Gasteiger partial charge >= 0.3 is 0 Å². The fraction of sp³-hybridized carbons (Fsp3) is 0.182. The van der Waals surface area contributed by atoms with E-state index in [0.717, 1.165) is 5.56 Å². The Morgan fingerprint density at radius 1 is 1.40 bits per heavy atom. The molecule has 80 valence electrons. The monoisotopic (exact) mass is 206 g/mol. The van der Waals surface area contributed by atoms with Crippen molar-refractivity contribution in [2.75, 3.05) is 6.61 Å². The Balaban J connectivity index is 2.68. The summed E-state index contributed by atoms with van der Waals surface area (Å²) in [6.07, 6.45) is 4.39. The lowest BCUT2D eigenvalue weighted by atomic mass is 10.1. The summed E-state index contributed by atoms with van der Waals surface area (Å²) >= 11 is 0. The van der Waals surface area contributed by atoms with Crippen molar-refractivity contribution in [3.63, 3.8) is 0 Å². The van der Waals surface area contributed by atoms with Gasteiger partial charge < -0.3 is 5.11 Å². The van der Waals surface area contributed by atoms with Gasteiger partial charge in [0.15, 0.2) is 0 Å². The van der Waals surface area contributed by atoms with Crippen LogP contribution in [-0.4, -0.2) is 17.6 Å². The second-order valence-electron chi connectivity index (χ2n) is 3.01. The predicted octanol–water partition coefficient (Wildman–Crippen LogP) is 0.686. The van der Waals surface area contributed by atoms with Crippen molar-refractivity contribution in [1.29, 1.82) is 0 Å². The van der Waals surface area contributed by atoms with Gasteiger partial charge in [0.05, 0.1) is 0 Å². The zero-order chi connectivity index (χ0) is 11.1. The molecule has 0 bridgehead atoms. The largest absolute Gasteiger partial charge is 0.396 e. The highest BCUT2D eigenvalue weighted by Crippen LogP contribution is 2.06. The third kappa shape index (κ3) is 3.53. The van der Waals surface area contributed by atoms with Gasteiger partial charge in [-0.2, -0.15) is 0 Å². The van der Waals surface area contributed by atoms with Crippen molar-refractivity contribution < 1.29 is 9.90 Å². The number of hydrogen-bond donors (Lipinski definition) is 3. The molecule has 0 unspecified atom stereocenters. The first-order chi connectivity index (χ1) is 7.27.